The molecule has 84 valence electrons. The average molecular weight is 208 g/mol. The van der Waals surface area contributed by atoms with Crippen LogP contribution < -0.4 is 11.1 Å². The van der Waals surface area contributed by atoms with E-state index in [0.29, 0.717) is 0 Å². The molecule has 0 saturated carbocycles. The molecule has 1 unspecified atom stereocenters. The fraction of sp³-hybridized carbons (Fsp3) is 0.500. The van der Waals surface area contributed by atoms with Crippen LogP contribution in [0, 0.1) is 0 Å². The Bertz CT molecular complexity index is 271. The number of hydrogen-bond donors (Lipinski definition) is 2. The van der Waals surface area contributed by atoms with E-state index in [1.54, 1.807) is 7.11 Å². The first-order chi connectivity index (χ1) is 7.22. The van der Waals surface area contributed by atoms with Gasteiger partial charge in [-0.05, 0) is 37.6 Å². The van der Waals surface area contributed by atoms with Gasteiger partial charge in [0.05, 0.1) is 6.10 Å². The van der Waals surface area contributed by atoms with E-state index in [1.165, 1.54) is 5.56 Å². The Morgan fingerprint density at radius 1 is 1.33 bits per heavy atom. The molecule has 0 fully saturated rings. The highest BCUT2D eigenvalue weighted by Crippen LogP contribution is 2.05. The van der Waals surface area contributed by atoms with E-state index >= 15 is 0 Å². The Morgan fingerprint density at radius 2 is 2.00 bits per heavy atom. The largest absolute Gasteiger partial charge is 0.399 e. The van der Waals surface area contributed by atoms with Crippen LogP contribution in [0.25, 0.3) is 0 Å². The van der Waals surface area contributed by atoms with Crippen LogP contribution in [0.4, 0.5) is 5.69 Å². The highest BCUT2D eigenvalue weighted by Gasteiger charge is 1.97. The van der Waals surface area contributed by atoms with E-state index in [9.17, 15) is 0 Å². The minimum absolute atomic E-state index is 0.274. The maximum Gasteiger partial charge on any atom is 0.0667 e. The molecule has 1 aromatic carbocycles. The zero-order valence-corrected chi connectivity index (χ0v) is 9.49. The molecule has 3 N–H and O–H groups in total. The molecule has 0 bridgehead atoms. The van der Waals surface area contributed by atoms with Crippen molar-refractivity contribution in [1.29, 1.82) is 0 Å². The molecule has 0 aliphatic carbocycles. The lowest BCUT2D eigenvalue weighted by molar-refractivity contribution is 0.117. The molecule has 0 amide bonds. The smallest absolute Gasteiger partial charge is 0.0667 e. The summed E-state index contributed by atoms with van der Waals surface area (Å²) in [7, 11) is 1.73. The van der Waals surface area contributed by atoms with Crippen molar-refractivity contribution >= 4 is 5.69 Å². The van der Waals surface area contributed by atoms with Gasteiger partial charge in [0.15, 0.2) is 0 Å². The molecular weight excluding hydrogens is 188 g/mol. The van der Waals surface area contributed by atoms with Gasteiger partial charge in [-0.3, -0.25) is 0 Å². The first kappa shape index (κ1) is 12.0. The Balaban J connectivity index is 2.17. The maximum atomic E-state index is 5.61. The number of methoxy groups -OCH3 is 1. The molecule has 1 atom stereocenters. The molecule has 0 radical (unpaired) electrons. The first-order valence-electron chi connectivity index (χ1n) is 5.30. The van der Waals surface area contributed by atoms with E-state index in [1.807, 2.05) is 12.1 Å². The van der Waals surface area contributed by atoms with Gasteiger partial charge < -0.3 is 15.8 Å². The monoisotopic (exact) mass is 208 g/mol. The molecule has 0 saturated heterocycles. The van der Waals surface area contributed by atoms with Gasteiger partial charge in [-0.25, -0.2) is 0 Å². The van der Waals surface area contributed by atoms with Gasteiger partial charge in [0.2, 0.25) is 0 Å². The van der Waals surface area contributed by atoms with Crippen molar-refractivity contribution in [3.05, 3.63) is 29.8 Å². The summed E-state index contributed by atoms with van der Waals surface area (Å²) in [6.07, 6.45) is 1.30. The van der Waals surface area contributed by atoms with Crippen LogP contribution in [0.2, 0.25) is 0 Å². The highest BCUT2D eigenvalue weighted by atomic mass is 16.5. The van der Waals surface area contributed by atoms with Crippen LogP contribution in [-0.2, 0) is 11.2 Å². The molecule has 0 spiro atoms. The van der Waals surface area contributed by atoms with Gasteiger partial charge in [0.1, 0.15) is 0 Å². The molecule has 0 aliphatic rings. The number of ether oxygens (including phenoxy) is 1. The normalized spacial score (nSPS) is 12.7. The van der Waals surface area contributed by atoms with E-state index in [2.05, 4.69) is 24.4 Å². The lowest BCUT2D eigenvalue weighted by Crippen LogP contribution is -2.27. The molecule has 1 rings (SSSR count). The maximum absolute atomic E-state index is 5.61. The SMILES string of the molecule is COC(C)CNCCc1ccc(N)cc1. The summed E-state index contributed by atoms with van der Waals surface area (Å²) in [4.78, 5) is 0. The number of benzene rings is 1. The zero-order chi connectivity index (χ0) is 11.1. The predicted octanol–water partition coefficient (Wildman–Crippen LogP) is 1.44. The van der Waals surface area contributed by atoms with Gasteiger partial charge in [0, 0.05) is 19.3 Å². The lowest BCUT2D eigenvalue weighted by Gasteiger charge is -2.10. The molecule has 3 nitrogen and oxygen atoms in total. The Hall–Kier alpha value is -1.06. The summed E-state index contributed by atoms with van der Waals surface area (Å²) in [6.45, 7) is 3.92. The number of nitrogen functional groups attached to an aromatic ring is 1. The van der Waals surface area contributed by atoms with Gasteiger partial charge in [-0.15, -0.1) is 0 Å². The van der Waals surface area contributed by atoms with Crippen LogP contribution in [0.1, 0.15) is 12.5 Å². The third-order valence-corrected chi connectivity index (χ3v) is 2.40. The predicted molar refractivity (Wildman–Crippen MR) is 63.9 cm³/mol. The quantitative estimate of drug-likeness (QED) is 0.549. The second-order valence-electron chi connectivity index (χ2n) is 3.74. The van der Waals surface area contributed by atoms with Gasteiger partial charge in [0.25, 0.3) is 0 Å². The summed E-state index contributed by atoms with van der Waals surface area (Å²) in [5.74, 6) is 0. The number of nitrogens with one attached hydrogen (secondary N) is 1. The average Bonchev–Trinajstić information content (AvgIpc) is 2.26. The number of hydrogen-bond acceptors (Lipinski definition) is 3. The minimum Gasteiger partial charge on any atom is -0.399 e. The summed E-state index contributed by atoms with van der Waals surface area (Å²) in [6, 6.07) is 8.01. The van der Waals surface area contributed by atoms with E-state index in [4.69, 9.17) is 10.5 Å². The Labute approximate surface area is 91.6 Å². The Morgan fingerprint density at radius 3 is 2.60 bits per heavy atom. The fourth-order valence-corrected chi connectivity index (χ4v) is 1.31. The van der Waals surface area contributed by atoms with Crippen molar-refractivity contribution in [1.82, 2.24) is 5.32 Å². The molecule has 0 heterocycles. The third-order valence-electron chi connectivity index (χ3n) is 2.40. The minimum atomic E-state index is 0.274. The van der Waals surface area contributed by atoms with Crippen molar-refractivity contribution in [3.8, 4) is 0 Å². The fourth-order valence-electron chi connectivity index (χ4n) is 1.31. The van der Waals surface area contributed by atoms with Gasteiger partial charge in [-0.1, -0.05) is 12.1 Å². The first-order valence-corrected chi connectivity index (χ1v) is 5.30. The van der Waals surface area contributed by atoms with Crippen LogP contribution in [0.15, 0.2) is 24.3 Å². The summed E-state index contributed by atoms with van der Waals surface area (Å²) in [5, 5.41) is 3.34. The molecular formula is C12H20N2O. The third kappa shape index (κ3) is 4.81. The van der Waals surface area contributed by atoms with E-state index in [-0.39, 0.29) is 6.10 Å². The van der Waals surface area contributed by atoms with Crippen molar-refractivity contribution in [2.75, 3.05) is 25.9 Å². The molecule has 0 aliphatic heterocycles. The molecule has 1 aromatic rings. The zero-order valence-electron chi connectivity index (χ0n) is 9.49. The summed E-state index contributed by atoms with van der Waals surface area (Å²) >= 11 is 0. The van der Waals surface area contributed by atoms with Crippen LogP contribution in [0.3, 0.4) is 0 Å². The van der Waals surface area contributed by atoms with Crippen molar-refractivity contribution in [2.45, 2.75) is 19.4 Å². The number of rotatable bonds is 6. The van der Waals surface area contributed by atoms with Gasteiger partial charge >= 0.3 is 0 Å². The summed E-state index contributed by atoms with van der Waals surface area (Å²) < 4.78 is 5.14. The van der Waals surface area contributed by atoms with E-state index in [0.717, 1.165) is 25.2 Å². The van der Waals surface area contributed by atoms with Crippen LogP contribution >= 0.6 is 0 Å². The Kier molecular flexibility index (Phi) is 5.15. The number of nitrogens with two attached hydrogens (primary N) is 1. The van der Waals surface area contributed by atoms with Crippen molar-refractivity contribution in [2.24, 2.45) is 0 Å². The molecule has 15 heavy (non-hydrogen) atoms. The van der Waals surface area contributed by atoms with E-state index < -0.39 is 0 Å². The van der Waals surface area contributed by atoms with Crippen molar-refractivity contribution in [3.63, 3.8) is 0 Å². The highest BCUT2D eigenvalue weighted by molar-refractivity contribution is 5.39. The standard InChI is InChI=1S/C12H20N2O/c1-10(15-2)9-14-8-7-11-3-5-12(13)6-4-11/h3-6,10,14H,7-9,13H2,1-2H3. The lowest BCUT2D eigenvalue weighted by atomic mass is 10.1. The second-order valence-corrected chi connectivity index (χ2v) is 3.74. The number of anilines is 1. The molecule has 3 heteroatoms. The van der Waals surface area contributed by atoms with Crippen LogP contribution in [0.5, 0.6) is 0 Å². The van der Waals surface area contributed by atoms with Crippen LogP contribution in [-0.4, -0.2) is 26.3 Å². The topological polar surface area (TPSA) is 47.3 Å². The second kappa shape index (κ2) is 6.43. The summed E-state index contributed by atoms with van der Waals surface area (Å²) in [5.41, 5.74) is 7.73. The van der Waals surface area contributed by atoms with Gasteiger partial charge in [-0.2, -0.15) is 0 Å². The molecule has 0 aromatic heterocycles. The van der Waals surface area contributed by atoms with Crippen molar-refractivity contribution < 1.29 is 4.74 Å².